The summed E-state index contributed by atoms with van der Waals surface area (Å²) in [6, 6.07) is 16.5. The van der Waals surface area contributed by atoms with Gasteiger partial charge in [-0.1, -0.05) is 30.3 Å². The molecule has 2 N–H and O–H groups in total. The van der Waals surface area contributed by atoms with Gasteiger partial charge < -0.3 is 25.0 Å². The minimum absolute atomic E-state index is 0.0920. The first-order valence-electron chi connectivity index (χ1n) is 11.4. The molecule has 0 spiro atoms. The van der Waals surface area contributed by atoms with Gasteiger partial charge in [0.2, 0.25) is 5.91 Å². The number of hydrogen-bond donors (Lipinski definition) is 2. The van der Waals surface area contributed by atoms with Crippen LogP contribution in [0.5, 0.6) is 11.5 Å². The Morgan fingerprint density at radius 1 is 1.03 bits per heavy atom. The van der Waals surface area contributed by atoms with Gasteiger partial charge in [0, 0.05) is 57.9 Å². The van der Waals surface area contributed by atoms with Crippen LogP contribution in [0.2, 0.25) is 0 Å². The first-order chi connectivity index (χ1) is 15.7. The average Bonchev–Trinajstić information content (AvgIpc) is 3.25. The molecule has 0 radical (unpaired) electrons. The standard InChI is InChI=1S/C25H34N4O3/c1-31-22-12-20(13-23(15-22)32-2)16-27-21-14-24(25(30)28-10-8-26-9-11-28)29(18-21)17-19-6-4-3-5-7-19/h3-7,12-13,15,21,24,26-27H,8-11,14,16-18H2,1-2H3/t21-,24-/m0/s1. The highest BCUT2D eigenvalue weighted by molar-refractivity contribution is 5.82. The summed E-state index contributed by atoms with van der Waals surface area (Å²) >= 11 is 0. The Balaban J connectivity index is 1.44. The maximum Gasteiger partial charge on any atom is 0.240 e. The Kier molecular flexibility index (Phi) is 7.63. The molecule has 2 aromatic rings. The van der Waals surface area contributed by atoms with Gasteiger partial charge in [0.1, 0.15) is 11.5 Å². The van der Waals surface area contributed by atoms with E-state index in [0.29, 0.717) is 6.54 Å². The van der Waals surface area contributed by atoms with Crippen molar-refractivity contribution in [1.82, 2.24) is 20.4 Å². The molecule has 4 rings (SSSR count). The topological polar surface area (TPSA) is 66.1 Å². The predicted molar refractivity (Wildman–Crippen MR) is 125 cm³/mol. The van der Waals surface area contributed by atoms with Crippen molar-refractivity contribution in [3.05, 3.63) is 59.7 Å². The third-order valence-electron chi connectivity index (χ3n) is 6.35. The molecule has 2 atom stereocenters. The van der Waals surface area contributed by atoms with E-state index in [-0.39, 0.29) is 18.0 Å². The molecular formula is C25H34N4O3. The fraction of sp³-hybridized carbons (Fsp3) is 0.480. The first-order valence-corrected chi connectivity index (χ1v) is 11.4. The van der Waals surface area contributed by atoms with Gasteiger partial charge in [-0.05, 0) is 29.7 Å². The lowest BCUT2D eigenvalue weighted by atomic mass is 10.1. The number of benzene rings is 2. The zero-order chi connectivity index (χ0) is 22.3. The van der Waals surface area contributed by atoms with Crippen LogP contribution in [-0.4, -0.2) is 74.7 Å². The highest BCUT2D eigenvalue weighted by Gasteiger charge is 2.38. The van der Waals surface area contributed by atoms with Crippen LogP contribution in [0.4, 0.5) is 0 Å². The van der Waals surface area contributed by atoms with Crippen LogP contribution in [0, 0.1) is 0 Å². The fourth-order valence-corrected chi connectivity index (χ4v) is 4.63. The highest BCUT2D eigenvalue weighted by Crippen LogP contribution is 2.25. The molecule has 172 valence electrons. The van der Waals surface area contributed by atoms with Gasteiger partial charge in [-0.3, -0.25) is 9.69 Å². The molecule has 7 heteroatoms. The lowest BCUT2D eigenvalue weighted by Gasteiger charge is -2.32. The third-order valence-corrected chi connectivity index (χ3v) is 6.35. The largest absolute Gasteiger partial charge is 0.497 e. The van der Waals surface area contributed by atoms with Gasteiger partial charge in [-0.2, -0.15) is 0 Å². The van der Waals surface area contributed by atoms with Crippen molar-refractivity contribution in [2.24, 2.45) is 0 Å². The second-order valence-electron chi connectivity index (χ2n) is 8.54. The molecule has 1 amide bonds. The molecule has 2 saturated heterocycles. The van der Waals surface area contributed by atoms with Crippen molar-refractivity contribution < 1.29 is 14.3 Å². The Morgan fingerprint density at radius 2 is 1.72 bits per heavy atom. The molecule has 0 unspecified atom stereocenters. The van der Waals surface area contributed by atoms with Gasteiger partial charge in [0.15, 0.2) is 0 Å². The van der Waals surface area contributed by atoms with Crippen LogP contribution >= 0.6 is 0 Å². The average molecular weight is 439 g/mol. The second-order valence-corrected chi connectivity index (χ2v) is 8.54. The molecule has 2 fully saturated rings. The number of likely N-dealkylation sites (tertiary alicyclic amines) is 1. The number of carbonyl (C=O) groups excluding carboxylic acids is 1. The molecule has 2 aliphatic heterocycles. The molecule has 2 aliphatic rings. The Labute approximate surface area is 190 Å². The molecule has 0 bridgehead atoms. The van der Waals surface area contributed by atoms with E-state index >= 15 is 0 Å². The van der Waals surface area contributed by atoms with Crippen LogP contribution in [-0.2, 0) is 17.9 Å². The van der Waals surface area contributed by atoms with Gasteiger partial charge in [-0.25, -0.2) is 0 Å². The van der Waals surface area contributed by atoms with E-state index in [1.165, 1.54) is 5.56 Å². The normalized spacial score (nSPS) is 21.5. The quantitative estimate of drug-likeness (QED) is 0.656. The maximum atomic E-state index is 13.4. The Bertz CT molecular complexity index is 864. The van der Waals surface area contributed by atoms with Gasteiger partial charge in [0.05, 0.1) is 20.3 Å². The Morgan fingerprint density at radius 3 is 2.38 bits per heavy atom. The van der Waals surface area contributed by atoms with Crippen molar-refractivity contribution in [2.75, 3.05) is 46.9 Å². The first kappa shape index (κ1) is 22.6. The molecule has 2 aromatic carbocycles. The number of rotatable bonds is 8. The summed E-state index contributed by atoms with van der Waals surface area (Å²) in [7, 11) is 3.33. The number of piperazine rings is 1. The number of ether oxygens (including phenoxy) is 2. The van der Waals surface area contributed by atoms with E-state index in [1.54, 1.807) is 14.2 Å². The van der Waals surface area contributed by atoms with Crippen LogP contribution in [0.15, 0.2) is 48.5 Å². The van der Waals surface area contributed by atoms with E-state index in [2.05, 4.69) is 39.8 Å². The molecule has 2 heterocycles. The molecule has 7 nitrogen and oxygen atoms in total. The van der Waals surface area contributed by atoms with Crippen molar-refractivity contribution >= 4 is 5.91 Å². The van der Waals surface area contributed by atoms with E-state index in [1.807, 2.05) is 29.2 Å². The van der Waals surface area contributed by atoms with Crippen LogP contribution in [0.3, 0.4) is 0 Å². The number of nitrogens with one attached hydrogen (secondary N) is 2. The Hall–Kier alpha value is -2.61. The van der Waals surface area contributed by atoms with Crippen molar-refractivity contribution in [3.63, 3.8) is 0 Å². The predicted octanol–water partition coefficient (Wildman–Crippen LogP) is 1.87. The fourth-order valence-electron chi connectivity index (χ4n) is 4.63. The molecule has 32 heavy (non-hydrogen) atoms. The summed E-state index contributed by atoms with van der Waals surface area (Å²) in [5, 5.41) is 7.01. The molecule has 0 aromatic heterocycles. The summed E-state index contributed by atoms with van der Waals surface area (Å²) in [5.41, 5.74) is 2.34. The number of carbonyl (C=O) groups is 1. The zero-order valence-corrected chi connectivity index (χ0v) is 19.0. The minimum Gasteiger partial charge on any atom is -0.497 e. The summed E-state index contributed by atoms with van der Waals surface area (Å²) < 4.78 is 10.8. The molecule has 0 aliphatic carbocycles. The van der Waals surface area contributed by atoms with Crippen molar-refractivity contribution in [2.45, 2.75) is 31.6 Å². The van der Waals surface area contributed by atoms with E-state index in [9.17, 15) is 4.79 Å². The van der Waals surface area contributed by atoms with Gasteiger partial charge in [-0.15, -0.1) is 0 Å². The van der Waals surface area contributed by atoms with Crippen LogP contribution < -0.4 is 20.1 Å². The van der Waals surface area contributed by atoms with E-state index < -0.39 is 0 Å². The summed E-state index contributed by atoms with van der Waals surface area (Å²) in [6.45, 7) is 5.65. The highest BCUT2D eigenvalue weighted by atomic mass is 16.5. The second kappa shape index (κ2) is 10.8. The maximum absolute atomic E-state index is 13.4. The molecular weight excluding hydrogens is 404 g/mol. The number of hydrogen-bond acceptors (Lipinski definition) is 6. The van der Waals surface area contributed by atoms with Crippen molar-refractivity contribution in [1.29, 1.82) is 0 Å². The van der Waals surface area contributed by atoms with Crippen LogP contribution in [0.1, 0.15) is 17.5 Å². The number of methoxy groups -OCH3 is 2. The number of nitrogens with zero attached hydrogens (tertiary/aromatic N) is 2. The summed E-state index contributed by atoms with van der Waals surface area (Å²) in [5.74, 6) is 1.82. The zero-order valence-electron chi connectivity index (χ0n) is 19.0. The smallest absolute Gasteiger partial charge is 0.240 e. The molecule has 0 saturated carbocycles. The van der Waals surface area contributed by atoms with Gasteiger partial charge >= 0.3 is 0 Å². The summed E-state index contributed by atoms with van der Waals surface area (Å²) in [6.07, 6.45) is 0.816. The number of amides is 1. The van der Waals surface area contributed by atoms with Crippen LogP contribution in [0.25, 0.3) is 0 Å². The third kappa shape index (κ3) is 5.59. The van der Waals surface area contributed by atoms with Crippen molar-refractivity contribution in [3.8, 4) is 11.5 Å². The summed E-state index contributed by atoms with van der Waals surface area (Å²) in [4.78, 5) is 17.7. The SMILES string of the molecule is COc1cc(CN[C@H]2C[C@@H](C(=O)N3CCNCC3)N(Cc3ccccc3)C2)cc(OC)c1. The van der Waals surface area contributed by atoms with E-state index in [4.69, 9.17) is 9.47 Å². The lowest BCUT2D eigenvalue weighted by Crippen LogP contribution is -2.52. The van der Waals surface area contributed by atoms with E-state index in [0.717, 1.165) is 62.8 Å². The monoisotopic (exact) mass is 438 g/mol. The van der Waals surface area contributed by atoms with Gasteiger partial charge in [0.25, 0.3) is 0 Å². The lowest BCUT2D eigenvalue weighted by molar-refractivity contribution is -0.136. The minimum atomic E-state index is -0.0920.